The summed E-state index contributed by atoms with van der Waals surface area (Å²) in [5.41, 5.74) is 24.4. The minimum absolute atomic E-state index is 0.00203. The number of phenols is 2. The van der Waals surface area contributed by atoms with Crippen LogP contribution in [0.4, 0.5) is 0 Å². The van der Waals surface area contributed by atoms with Crippen molar-refractivity contribution in [3.05, 3.63) is 95.6 Å². The lowest BCUT2D eigenvalue weighted by Gasteiger charge is -2.28. The Labute approximate surface area is 509 Å². The number of carboxylic acids is 3. The van der Waals surface area contributed by atoms with Crippen molar-refractivity contribution in [2.45, 2.75) is 159 Å². The first-order chi connectivity index (χ1) is 41.6. The molecule has 0 saturated heterocycles. The van der Waals surface area contributed by atoms with Crippen molar-refractivity contribution >= 4 is 71.1 Å². The molecule has 3 aromatic carbocycles. The summed E-state index contributed by atoms with van der Waals surface area (Å²) < 4.78 is 0. The summed E-state index contributed by atoms with van der Waals surface area (Å²) in [6.07, 6.45) is -2.53. The summed E-state index contributed by atoms with van der Waals surface area (Å²) in [5.74, 6) is -13.4. The highest BCUT2D eigenvalue weighted by atomic mass is 16.4. The van der Waals surface area contributed by atoms with Gasteiger partial charge in [0.05, 0.1) is 12.5 Å². The zero-order valence-electron chi connectivity index (χ0n) is 49.7. The lowest BCUT2D eigenvalue weighted by molar-refractivity contribution is -0.143. The third kappa shape index (κ3) is 26.9. The molecule has 0 aliphatic carbocycles. The van der Waals surface area contributed by atoms with Gasteiger partial charge < -0.3 is 91.0 Å². The van der Waals surface area contributed by atoms with Crippen molar-refractivity contribution in [1.29, 1.82) is 0 Å². The molecular formula is C59H85N13O16. The molecular weight excluding hydrogens is 1150 g/mol. The molecule has 0 aliphatic rings. The number of carbonyl (C=O) groups excluding carboxylic acids is 8. The molecule has 0 aliphatic heterocycles. The first-order valence-electron chi connectivity index (χ1n) is 28.8. The Bertz CT molecular complexity index is 2850. The van der Waals surface area contributed by atoms with E-state index in [4.69, 9.17) is 22.9 Å². The van der Waals surface area contributed by atoms with Gasteiger partial charge in [0.15, 0.2) is 5.96 Å². The van der Waals surface area contributed by atoms with E-state index in [9.17, 15) is 78.3 Å². The minimum atomic E-state index is -1.91. The van der Waals surface area contributed by atoms with E-state index in [0.29, 0.717) is 23.1 Å². The molecule has 0 heterocycles. The fraction of sp³-hybridized carbons (Fsp3) is 0.492. The van der Waals surface area contributed by atoms with Crippen molar-refractivity contribution in [3.63, 3.8) is 0 Å². The molecule has 21 N–H and O–H groups in total. The number of carboxylic acid groups (broad SMARTS) is 3. The van der Waals surface area contributed by atoms with Crippen LogP contribution in [0.3, 0.4) is 0 Å². The van der Waals surface area contributed by atoms with Gasteiger partial charge in [0.25, 0.3) is 0 Å². The van der Waals surface area contributed by atoms with Gasteiger partial charge in [-0.25, -0.2) is 4.79 Å². The van der Waals surface area contributed by atoms with Gasteiger partial charge in [-0.05, 0) is 111 Å². The number of benzene rings is 3. The van der Waals surface area contributed by atoms with Gasteiger partial charge in [0, 0.05) is 25.8 Å². The second kappa shape index (κ2) is 37.2. The molecule has 0 saturated carbocycles. The Balaban J connectivity index is 2.02. The maximum absolute atomic E-state index is 14.7. The number of hydrogen-bond acceptors (Lipinski definition) is 16. The van der Waals surface area contributed by atoms with Crippen LogP contribution >= 0.6 is 0 Å². The minimum Gasteiger partial charge on any atom is -0.508 e. The zero-order valence-corrected chi connectivity index (χ0v) is 49.7. The summed E-state index contributed by atoms with van der Waals surface area (Å²) >= 11 is 0. The summed E-state index contributed by atoms with van der Waals surface area (Å²) in [6, 6.07) is 6.00. The molecule has 29 nitrogen and oxygen atoms in total. The van der Waals surface area contributed by atoms with E-state index in [1.807, 2.05) is 0 Å². The number of guanidine groups is 1. The van der Waals surface area contributed by atoms with E-state index in [1.165, 1.54) is 36.4 Å². The summed E-state index contributed by atoms with van der Waals surface area (Å²) in [5, 5.41) is 69.3. The lowest BCUT2D eigenvalue weighted by Crippen LogP contribution is -2.61. The second-order valence-electron chi connectivity index (χ2n) is 21.9. The van der Waals surface area contributed by atoms with Crippen molar-refractivity contribution in [1.82, 2.24) is 42.5 Å². The van der Waals surface area contributed by atoms with E-state index in [1.54, 1.807) is 70.2 Å². The van der Waals surface area contributed by atoms with E-state index in [0.717, 1.165) is 0 Å². The molecule has 0 radical (unpaired) electrons. The molecule has 0 spiro atoms. The van der Waals surface area contributed by atoms with Crippen LogP contribution in [0.5, 0.6) is 11.5 Å². The quantitative estimate of drug-likeness (QED) is 0.0178. The van der Waals surface area contributed by atoms with Gasteiger partial charge in [-0.15, -0.1) is 0 Å². The average Bonchev–Trinajstić information content (AvgIpc) is 3.50. The van der Waals surface area contributed by atoms with Crippen molar-refractivity contribution in [2.24, 2.45) is 39.8 Å². The normalized spacial score (nSPS) is 14.1. The van der Waals surface area contributed by atoms with Crippen molar-refractivity contribution in [3.8, 4) is 11.5 Å². The van der Waals surface area contributed by atoms with Crippen LogP contribution in [0.25, 0.3) is 0 Å². The highest BCUT2D eigenvalue weighted by Gasteiger charge is 2.37. The number of amides is 8. The number of aromatic hydroxyl groups is 2. The summed E-state index contributed by atoms with van der Waals surface area (Å²) in [7, 11) is 0. The first kappa shape index (κ1) is 72.9. The molecule has 3 aromatic rings. The molecule has 29 heteroatoms. The van der Waals surface area contributed by atoms with Crippen LogP contribution in [0.1, 0.15) is 102 Å². The number of rotatable bonds is 39. The van der Waals surface area contributed by atoms with Gasteiger partial charge in [-0.2, -0.15) is 0 Å². The number of hydrogen-bond donors (Lipinski definition) is 17. The van der Waals surface area contributed by atoms with Crippen LogP contribution in [-0.2, 0) is 72.0 Å². The number of nitrogens with one attached hydrogen (secondary N) is 8. The van der Waals surface area contributed by atoms with E-state index in [2.05, 4.69) is 47.5 Å². The van der Waals surface area contributed by atoms with Crippen LogP contribution in [0.15, 0.2) is 83.9 Å². The number of aliphatic carboxylic acids is 3. The third-order valence-electron chi connectivity index (χ3n) is 13.7. The predicted octanol–water partition coefficient (Wildman–Crippen LogP) is -1.36. The van der Waals surface area contributed by atoms with E-state index >= 15 is 0 Å². The average molecular weight is 1230 g/mol. The Morgan fingerprint density at radius 1 is 0.466 bits per heavy atom. The summed E-state index contributed by atoms with van der Waals surface area (Å²) in [6.45, 7) is 6.83. The van der Waals surface area contributed by atoms with Gasteiger partial charge in [0.2, 0.25) is 47.3 Å². The number of nitrogens with zero attached hydrogens (tertiary/aromatic N) is 1. The van der Waals surface area contributed by atoms with Gasteiger partial charge in [0.1, 0.15) is 59.8 Å². The smallest absolute Gasteiger partial charge is 0.326 e. The van der Waals surface area contributed by atoms with Crippen LogP contribution in [0.2, 0.25) is 0 Å². The number of carbonyl (C=O) groups is 11. The van der Waals surface area contributed by atoms with Gasteiger partial charge in [-0.1, -0.05) is 82.3 Å². The standard InChI is InChI=1S/C59H85N13O16/c1-32(2)27-46(58(87)88)71-52(81)40(13-8-9-25-60)65-56(85)45(31-48(77)78)69-51(80)41(14-10-26-64-59(62)63)66-54(83)43(29-34-11-6-5-7-12-34)68-53(82)42(23-24-47(75)76)67-55(84)44(30-36-17-21-38(74)22-18-36)70-57(86)49(33(3)4)72-50(79)39(61)28-35-15-19-37(73)20-16-35/h5-7,11-12,15-22,32-33,39-46,49,73-74H,8-10,13-14,23-31,60-61H2,1-4H3,(H,65,85)(H,66,83)(H,67,84)(H,68,82)(H,69,80)(H,70,86)(H,71,81)(H,72,79)(H,75,76)(H,77,78)(H,87,88)(H4,62,63,64)/t39-,40-,41-,42-,43-,44-,45-,46-,49-/m0/s1. The number of phenolic OH excluding ortho intramolecular Hbond substituents is 2. The zero-order chi connectivity index (χ0) is 65.6. The van der Waals surface area contributed by atoms with Crippen LogP contribution < -0.4 is 65.5 Å². The third-order valence-corrected chi connectivity index (χ3v) is 13.7. The van der Waals surface area contributed by atoms with E-state index < -0.39 is 145 Å². The Morgan fingerprint density at radius 3 is 1.34 bits per heavy atom. The lowest BCUT2D eigenvalue weighted by atomic mass is 9.99. The molecule has 0 bridgehead atoms. The molecule has 9 atom stereocenters. The number of unbranched alkanes of at least 4 members (excludes halogenated alkanes) is 1. The Morgan fingerprint density at radius 2 is 0.886 bits per heavy atom. The molecule has 8 amide bonds. The molecule has 88 heavy (non-hydrogen) atoms. The number of aliphatic imine (C=N–C) groups is 1. The maximum Gasteiger partial charge on any atom is 0.326 e. The predicted molar refractivity (Wildman–Crippen MR) is 321 cm³/mol. The largest absolute Gasteiger partial charge is 0.508 e. The summed E-state index contributed by atoms with van der Waals surface area (Å²) in [4.78, 5) is 153. The fourth-order valence-corrected chi connectivity index (χ4v) is 8.95. The second-order valence-corrected chi connectivity index (χ2v) is 21.9. The topological polar surface area (TPSA) is 502 Å². The van der Waals surface area contributed by atoms with Crippen LogP contribution in [-0.4, -0.2) is 164 Å². The molecule has 0 aromatic heterocycles. The molecule has 482 valence electrons. The molecule has 3 rings (SSSR count). The van der Waals surface area contributed by atoms with Gasteiger partial charge >= 0.3 is 17.9 Å². The van der Waals surface area contributed by atoms with Crippen molar-refractivity contribution < 1.29 is 78.3 Å². The maximum atomic E-state index is 14.7. The number of nitrogens with two attached hydrogens (primary N) is 4. The molecule has 0 fully saturated rings. The highest BCUT2D eigenvalue weighted by Crippen LogP contribution is 2.16. The molecule has 0 unspecified atom stereocenters. The SMILES string of the molecule is CC(C)C[C@H](NC(=O)[C@H](CCCCN)NC(=O)[C@H](CC(=O)O)NC(=O)[C@H](CCCN=C(N)N)NC(=O)[C@H](Cc1ccccc1)NC(=O)[C@H](CCC(=O)O)NC(=O)[C@H](Cc1ccc(O)cc1)NC(=O)[C@@H](NC(=O)[C@@H](N)Cc1ccc(O)cc1)C(C)C)C(=O)O. The fourth-order valence-electron chi connectivity index (χ4n) is 8.95. The van der Waals surface area contributed by atoms with Crippen LogP contribution in [0, 0.1) is 11.8 Å². The van der Waals surface area contributed by atoms with E-state index in [-0.39, 0.29) is 87.8 Å². The highest BCUT2D eigenvalue weighted by molar-refractivity contribution is 5.99. The Kier molecular flexibility index (Phi) is 30.8. The first-order valence-corrected chi connectivity index (χ1v) is 28.8. The Hall–Kier alpha value is -9.38. The van der Waals surface area contributed by atoms with Crippen molar-refractivity contribution in [2.75, 3.05) is 13.1 Å². The monoisotopic (exact) mass is 1230 g/mol. The van der Waals surface area contributed by atoms with Gasteiger partial charge in [-0.3, -0.25) is 52.9 Å².